The van der Waals surface area contributed by atoms with Crippen LogP contribution in [0.4, 0.5) is 13.2 Å². The molecule has 2 saturated heterocycles. The predicted molar refractivity (Wildman–Crippen MR) is 65.1 cm³/mol. The summed E-state index contributed by atoms with van der Waals surface area (Å²) in [6, 6.07) is 0. The second-order valence-corrected chi connectivity index (χ2v) is 7.57. The van der Waals surface area contributed by atoms with E-state index in [4.69, 9.17) is 0 Å². The van der Waals surface area contributed by atoms with Crippen LogP contribution in [0, 0.1) is 11.3 Å². The number of hydrogen-bond acceptors (Lipinski definition) is 3. The van der Waals surface area contributed by atoms with E-state index >= 15 is 0 Å². The van der Waals surface area contributed by atoms with Crippen LogP contribution in [0.3, 0.4) is 0 Å². The lowest BCUT2D eigenvalue weighted by Gasteiger charge is -2.50. The molecule has 0 unspecified atom stereocenters. The molecule has 0 amide bonds. The lowest BCUT2D eigenvalue weighted by molar-refractivity contribution is -0.223. The van der Waals surface area contributed by atoms with Gasteiger partial charge in [0.1, 0.15) is 0 Å². The van der Waals surface area contributed by atoms with Crippen molar-refractivity contribution in [2.75, 3.05) is 32.4 Å². The van der Waals surface area contributed by atoms with Crippen LogP contribution in [0.25, 0.3) is 0 Å². The average molecular weight is 300 g/mol. The molecule has 1 atom stereocenters. The van der Waals surface area contributed by atoms with Gasteiger partial charge in [0.05, 0.1) is 12.2 Å². The number of hydrogen-bond donors (Lipinski definition) is 1. The molecule has 8 heteroatoms. The van der Waals surface area contributed by atoms with E-state index in [1.165, 1.54) is 4.31 Å². The predicted octanol–water partition coefficient (Wildman–Crippen LogP) is 1.20. The zero-order chi connectivity index (χ0) is 14.3. The molecule has 0 aromatic carbocycles. The molecule has 2 fully saturated rings. The van der Waals surface area contributed by atoms with E-state index < -0.39 is 27.5 Å². The summed E-state index contributed by atoms with van der Waals surface area (Å²) in [5.74, 6) is -1.39. The van der Waals surface area contributed by atoms with Gasteiger partial charge in [-0.1, -0.05) is 0 Å². The molecule has 2 aliphatic rings. The van der Waals surface area contributed by atoms with Gasteiger partial charge in [0.15, 0.2) is 0 Å². The number of halogens is 3. The first-order valence-electron chi connectivity index (χ1n) is 6.38. The molecule has 2 aliphatic heterocycles. The molecular weight excluding hydrogens is 281 g/mol. The van der Waals surface area contributed by atoms with Crippen LogP contribution < -0.4 is 5.32 Å². The zero-order valence-electron chi connectivity index (χ0n) is 10.8. The third-order valence-electron chi connectivity index (χ3n) is 4.36. The summed E-state index contributed by atoms with van der Waals surface area (Å²) in [6.07, 6.45) is -2.56. The van der Waals surface area contributed by atoms with Crippen molar-refractivity contribution in [3.63, 3.8) is 0 Å². The van der Waals surface area contributed by atoms with Gasteiger partial charge >= 0.3 is 6.18 Å². The van der Waals surface area contributed by atoms with Crippen molar-refractivity contribution in [3.05, 3.63) is 0 Å². The van der Waals surface area contributed by atoms with Crippen molar-refractivity contribution >= 4 is 10.0 Å². The first-order valence-corrected chi connectivity index (χ1v) is 8.23. The standard InChI is InChI=1S/C11H19F3N2O2S/c1-19(17,18)16-7-2-9(11(12,13)14)10(8-16)3-5-15-6-4-10/h9,15H,2-8H2,1H3/t9-/m0/s1. The summed E-state index contributed by atoms with van der Waals surface area (Å²) >= 11 is 0. The van der Waals surface area contributed by atoms with E-state index in [1.54, 1.807) is 0 Å². The Morgan fingerprint density at radius 2 is 1.84 bits per heavy atom. The summed E-state index contributed by atoms with van der Waals surface area (Å²) in [6.45, 7) is 1.00. The van der Waals surface area contributed by atoms with Crippen molar-refractivity contribution in [2.45, 2.75) is 25.4 Å². The number of nitrogens with one attached hydrogen (secondary N) is 1. The average Bonchev–Trinajstić information content (AvgIpc) is 2.27. The fourth-order valence-electron chi connectivity index (χ4n) is 3.34. The van der Waals surface area contributed by atoms with Gasteiger partial charge in [0.25, 0.3) is 0 Å². The summed E-state index contributed by atoms with van der Waals surface area (Å²) in [4.78, 5) is 0. The molecule has 1 N–H and O–H groups in total. The maximum absolute atomic E-state index is 13.2. The second kappa shape index (κ2) is 4.89. The van der Waals surface area contributed by atoms with Crippen LogP contribution in [0.5, 0.6) is 0 Å². The van der Waals surface area contributed by atoms with Gasteiger partial charge in [-0.25, -0.2) is 12.7 Å². The third-order valence-corrected chi connectivity index (χ3v) is 5.61. The SMILES string of the molecule is CS(=O)(=O)N1CC[C@H](C(F)(F)F)C2(CCNCC2)C1. The van der Waals surface area contributed by atoms with Gasteiger partial charge in [-0.05, 0) is 37.8 Å². The smallest absolute Gasteiger partial charge is 0.317 e. The number of nitrogens with zero attached hydrogens (tertiary/aromatic N) is 1. The van der Waals surface area contributed by atoms with E-state index in [9.17, 15) is 21.6 Å². The quantitative estimate of drug-likeness (QED) is 0.791. The van der Waals surface area contributed by atoms with E-state index in [-0.39, 0.29) is 19.5 Å². The lowest BCUT2D eigenvalue weighted by atomic mass is 9.65. The highest BCUT2D eigenvalue weighted by molar-refractivity contribution is 7.88. The monoisotopic (exact) mass is 300 g/mol. The van der Waals surface area contributed by atoms with E-state index in [2.05, 4.69) is 5.32 Å². The Morgan fingerprint density at radius 1 is 1.26 bits per heavy atom. The fourth-order valence-corrected chi connectivity index (χ4v) is 4.27. The minimum absolute atomic E-state index is 0.00229. The highest BCUT2D eigenvalue weighted by Gasteiger charge is 2.56. The minimum atomic E-state index is -4.25. The Balaban J connectivity index is 2.29. The van der Waals surface area contributed by atoms with Gasteiger partial charge in [-0.2, -0.15) is 13.2 Å². The third kappa shape index (κ3) is 3.05. The van der Waals surface area contributed by atoms with E-state index in [0.717, 1.165) is 6.26 Å². The van der Waals surface area contributed by atoms with Crippen molar-refractivity contribution in [1.82, 2.24) is 9.62 Å². The first-order chi connectivity index (χ1) is 8.65. The Kier molecular flexibility index (Phi) is 3.88. The fraction of sp³-hybridized carbons (Fsp3) is 1.00. The van der Waals surface area contributed by atoms with Gasteiger partial charge in [-0.3, -0.25) is 0 Å². The molecule has 0 aromatic heterocycles. The van der Waals surface area contributed by atoms with Gasteiger partial charge in [0.2, 0.25) is 10.0 Å². The second-order valence-electron chi connectivity index (χ2n) is 5.59. The number of piperidine rings is 2. The highest BCUT2D eigenvalue weighted by atomic mass is 32.2. The Hall–Kier alpha value is -0.340. The van der Waals surface area contributed by atoms with Crippen molar-refractivity contribution in [2.24, 2.45) is 11.3 Å². The largest absolute Gasteiger partial charge is 0.392 e. The van der Waals surface area contributed by atoms with Crippen LogP contribution in [0.1, 0.15) is 19.3 Å². The highest BCUT2D eigenvalue weighted by Crippen LogP contribution is 2.50. The van der Waals surface area contributed by atoms with Gasteiger partial charge in [-0.15, -0.1) is 0 Å². The topological polar surface area (TPSA) is 49.4 Å². The maximum Gasteiger partial charge on any atom is 0.392 e. The summed E-state index contributed by atoms with van der Waals surface area (Å²) in [7, 11) is -3.42. The number of alkyl halides is 3. The summed E-state index contributed by atoms with van der Waals surface area (Å²) in [5.41, 5.74) is -0.954. The van der Waals surface area contributed by atoms with Gasteiger partial charge < -0.3 is 5.32 Å². The molecule has 0 radical (unpaired) electrons. The van der Waals surface area contributed by atoms with Crippen LogP contribution in [-0.4, -0.2) is 51.3 Å². The zero-order valence-corrected chi connectivity index (χ0v) is 11.6. The van der Waals surface area contributed by atoms with Crippen LogP contribution in [0.15, 0.2) is 0 Å². The van der Waals surface area contributed by atoms with E-state index in [1.807, 2.05) is 0 Å². The molecule has 1 spiro atoms. The Labute approximate surface area is 111 Å². The molecule has 112 valence electrons. The number of rotatable bonds is 1. The minimum Gasteiger partial charge on any atom is -0.317 e. The van der Waals surface area contributed by atoms with Crippen molar-refractivity contribution in [1.29, 1.82) is 0 Å². The molecule has 4 nitrogen and oxygen atoms in total. The summed E-state index contributed by atoms with van der Waals surface area (Å²) in [5, 5.41) is 3.05. The normalized spacial score (nSPS) is 29.6. The summed E-state index contributed by atoms with van der Waals surface area (Å²) < 4.78 is 64.0. The molecule has 0 aromatic rings. The molecule has 2 heterocycles. The Bertz CT molecular complexity index is 430. The molecule has 2 rings (SSSR count). The van der Waals surface area contributed by atoms with Crippen molar-refractivity contribution < 1.29 is 21.6 Å². The molecule has 19 heavy (non-hydrogen) atoms. The van der Waals surface area contributed by atoms with E-state index in [0.29, 0.717) is 25.9 Å². The van der Waals surface area contributed by atoms with Crippen LogP contribution in [0.2, 0.25) is 0 Å². The van der Waals surface area contributed by atoms with Gasteiger partial charge in [0, 0.05) is 13.1 Å². The molecule has 0 aliphatic carbocycles. The van der Waals surface area contributed by atoms with Crippen LogP contribution >= 0.6 is 0 Å². The maximum atomic E-state index is 13.2. The Morgan fingerprint density at radius 3 is 2.32 bits per heavy atom. The first kappa shape index (κ1) is 15.1. The van der Waals surface area contributed by atoms with Crippen molar-refractivity contribution in [3.8, 4) is 0 Å². The number of sulfonamides is 1. The molecular formula is C11H19F3N2O2S. The lowest BCUT2D eigenvalue weighted by Crippen LogP contribution is -2.57. The molecule has 0 saturated carbocycles. The molecule has 0 bridgehead atoms. The van der Waals surface area contributed by atoms with Crippen LogP contribution in [-0.2, 0) is 10.0 Å².